The van der Waals surface area contributed by atoms with Gasteiger partial charge in [-0.2, -0.15) is 0 Å². The highest BCUT2D eigenvalue weighted by atomic mass is 35.5. The largest absolute Gasteiger partial charge is 0.357 e. The normalized spacial score (nSPS) is 12.1. The molecule has 0 saturated heterocycles. The molecular weight excluding hydrogens is 545 g/mol. The van der Waals surface area contributed by atoms with Gasteiger partial charge in [0.25, 0.3) is 10.0 Å². The lowest BCUT2D eigenvalue weighted by atomic mass is 10.1. The molecule has 38 heavy (non-hydrogen) atoms. The third kappa shape index (κ3) is 6.67. The van der Waals surface area contributed by atoms with E-state index in [0.29, 0.717) is 33.3 Å². The van der Waals surface area contributed by atoms with Crippen LogP contribution in [0.3, 0.4) is 0 Å². The van der Waals surface area contributed by atoms with E-state index in [1.54, 1.807) is 62.4 Å². The molecule has 2 amide bonds. The Balaban J connectivity index is 2.10. The van der Waals surface area contributed by atoms with Gasteiger partial charge in [-0.25, -0.2) is 8.42 Å². The number of carbonyl (C=O) groups is 2. The van der Waals surface area contributed by atoms with Crippen LogP contribution >= 0.6 is 23.2 Å². The molecule has 0 heterocycles. The summed E-state index contributed by atoms with van der Waals surface area (Å²) in [6, 6.07) is 17.3. The Hall–Kier alpha value is -3.07. The van der Waals surface area contributed by atoms with Gasteiger partial charge in [-0.05, 0) is 61.7 Å². The molecule has 7 nitrogen and oxygen atoms in total. The Kier molecular flexibility index (Phi) is 9.82. The standard InChI is InChI=1S/C28H31Cl2N3O4S/c1-5-25(28(35)31-4)32(17-21-12-13-22(29)16-24(21)30)27(34)18-33(26-14-11-19(2)15-20(26)3)38(36,37)23-9-7-6-8-10-23/h6-16,25H,5,17-18H2,1-4H3,(H,31,35)/t25-/m0/s1. The molecule has 3 rings (SSSR count). The Morgan fingerprint density at radius 3 is 2.24 bits per heavy atom. The number of rotatable bonds is 10. The number of amides is 2. The summed E-state index contributed by atoms with van der Waals surface area (Å²) >= 11 is 12.4. The van der Waals surface area contributed by atoms with Crippen molar-refractivity contribution in [2.45, 2.75) is 44.7 Å². The molecule has 0 spiro atoms. The van der Waals surface area contributed by atoms with Gasteiger partial charge in [0, 0.05) is 23.6 Å². The summed E-state index contributed by atoms with van der Waals surface area (Å²) in [5.41, 5.74) is 2.61. The van der Waals surface area contributed by atoms with Crippen molar-refractivity contribution in [3.8, 4) is 0 Å². The van der Waals surface area contributed by atoms with Crippen LogP contribution in [0, 0.1) is 13.8 Å². The van der Waals surface area contributed by atoms with E-state index in [0.717, 1.165) is 9.87 Å². The third-order valence-electron chi connectivity index (χ3n) is 6.22. The van der Waals surface area contributed by atoms with Gasteiger partial charge in [0.1, 0.15) is 12.6 Å². The summed E-state index contributed by atoms with van der Waals surface area (Å²) in [5.74, 6) is -0.916. The molecule has 3 aromatic rings. The van der Waals surface area contributed by atoms with Gasteiger partial charge < -0.3 is 10.2 Å². The van der Waals surface area contributed by atoms with Crippen LogP contribution in [0.5, 0.6) is 0 Å². The van der Waals surface area contributed by atoms with E-state index in [-0.39, 0.29) is 17.3 Å². The average molecular weight is 577 g/mol. The molecule has 1 N–H and O–H groups in total. The van der Waals surface area contributed by atoms with Crippen molar-refractivity contribution in [1.29, 1.82) is 0 Å². The maximum atomic E-state index is 14.0. The summed E-state index contributed by atoms with van der Waals surface area (Å²) in [6.07, 6.45) is 0.311. The summed E-state index contributed by atoms with van der Waals surface area (Å²) in [6.45, 7) is 4.97. The van der Waals surface area contributed by atoms with Crippen LogP contribution in [0.4, 0.5) is 5.69 Å². The number of hydrogen-bond acceptors (Lipinski definition) is 4. The molecule has 0 aliphatic carbocycles. The van der Waals surface area contributed by atoms with Crippen LogP contribution in [0.15, 0.2) is 71.6 Å². The van der Waals surface area contributed by atoms with Crippen molar-refractivity contribution in [3.63, 3.8) is 0 Å². The summed E-state index contributed by atoms with van der Waals surface area (Å²) < 4.78 is 28.8. The molecule has 0 bridgehead atoms. The SMILES string of the molecule is CC[C@@H](C(=O)NC)N(Cc1ccc(Cl)cc1Cl)C(=O)CN(c1ccc(C)cc1C)S(=O)(=O)c1ccccc1. The molecule has 0 aliphatic rings. The summed E-state index contributed by atoms with van der Waals surface area (Å²) in [5, 5.41) is 3.37. The molecule has 0 fully saturated rings. The molecule has 0 saturated carbocycles. The highest BCUT2D eigenvalue weighted by Gasteiger charge is 2.34. The van der Waals surface area contributed by atoms with E-state index in [9.17, 15) is 18.0 Å². The summed E-state index contributed by atoms with van der Waals surface area (Å²) in [7, 11) is -2.63. The number of likely N-dealkylation sites (N-methyl/N-ethyl adjacent to an activating group) is 1. The first-order chi connectivity index (χ1) is 18.0. The smallest absolute Gasteiger partial charge is 0.264 e. The van der Waals surface area contributed by atoms with Gasteiger partial charge in [-0.3, -0.25) is 13.9 Å². The zero-order valence-corrected chi connectivity index (χ0v) is 24.1. The maximum Gasteiger partial charge on any atom is 0.264 e. The predicted octanol–water partition coefficient (Wildman–Crippen LogP) is 5.36. The molecule has 10 heteroatoms. The zero-order valence-electron chi connectivity index (χ0n) is 21.7. The van der Waals surface area contributed by atoms with E-state index in [1.165, 1.54) is 24.1 Å². The number of halogens is 2. The van der Waals surface area contributed by atoms with Crippen molar-refractivity contribution in [2.24, 2.45) is 0 Å². The molecule has 202 valence electrons. The van der Waals surface area contributed by atoms with Crippen molar-refractivity contribution in [1.82, 2.24) is 10.2 Å². The van der Waals surface area contributed by atoms with Gasteiger partial charge in [-0.15, -0.1) is 0 Å². The molecule has 0 aromatic heterocycles. The van der Waals surface area contributed by atoms with Crippen molar-refractivity contribution in [3.05, 3.63) is 93.5 Å². The van der Waals surface area contributed by atoms with Crippen LogP contribution in [-0.4, -0.2) is 44.8 Å². The molecule has 0 unspecified atom stereocenters. The first-order valence-electron chi connectivity index (χ1n) is 12.1. The third-order valence-corrected chi connectivity index (χ3v) is 8.58. The number of benzene rings is 3. The minimum atomic E-state index is -4.12. The van der Waals surface area contributed by atoms with Gasteiger partial charge in [0.05, 0.1) is 10.6 Å². The van der Waals surface area contributed by atoms with Crippen LogP contribution in [0.2, 0.25) is 10.0 Å². The minimum Gasteiger partial charge on any atom is -0.357 e. The fourth-order valence-electron chi connectivity index (χ4n) is 4.24. The second kappa shape index (κ2) is 12.7. The maximum absolute atomic E-state index is 14.0. The van der Waals surface area contributed by atoms with Gasteiger partial charge in [0.2, 0.25) is 11.8 Å². The fraction of sp³-hybridized carbons (Fsp3) is 0.286. The van der Waals surface area contributed by atoms with E-state index in [2.05, 4.69) is 5.32 Å². The molecular formula is C28H31Cl2N3O4S. The Morgan fingerprint density at radius 2 is 1.66 bits per heavy atom. The lowest BCUT2D eigenvalue weighted by Gasteiger charge is -2.33. The highest BCUT2D eigenvalue weighted by Crippen LogP contribution is 2.29. The fourth-order valence-corrected chi connectivity index (χ4v) is 6.21. The van der Waals surface area contributed by atoms with Gasteiger partial charge in [0.15, 0.2) is 0 Å². The predicted molar refractivity (Wildman–Crippen MR) is 152 cm³/mol. The zero-order chi connectivity index (χ0) is 28.0. The highest BCUT2D eigenvalue weighted by molar-refractivity contribution is 7.92. The van der Waals surface area contributed by atoms with Crippen molar-refractivity contribution < 1.29 is 18.0 Å². The number of sulfonamides is 1. The summed E-state index contributed by atoms with van der Waals surface area (Å²) in [4.78, 5) is 28.2. The number of hydrogen-bond donors (Lipinski definition) is 1. The lowest BCUT2D eigenvalue weighted by molar-refractivity contribution is -0.140. The first kappa shape index (κ1) is 29.5. The second-order valence-corrected chi connectivity index (χ2v) is 11.6. The van der Waals surface area contributed by atoms with Crippen molar-refractivity contribution in [2.75, 3.05) is 17.9 Å². The molecule has 1 atom stereocenters. The average Bonchev–Trinajstić information content (AvgIpc) is 2.88. The van der Waals surface area contributed by atoms with Gasteiger partial charge in [-0.1, -0.05) is 72.1 Å². The number of carbonyl (C=O) groups excluding carboxylic acids is 2. The van der Waals surface area contributed by atoms with Crippen LogP contribution < -0.4 is 9.62 Å². The Bertz CT molecular complexity index is 1410. The van der Waals surface area contributed by atoms with E-state index < -0.39 is 28.5 Å². The topological polar surface area (TPSA) is 86.8 Å². The number of aryl methyl sites for hydroxylation is 2. The molecule has 3 aromatic carbocycles. The minimum absolute atomic E-state index is 0.00708. The first-order valence-corrected chi connectivity index (χ1v) is 14.3. The Labute approximate surface area is 234 Å². The number of anilines is 1. The second-order valence-electron chi connectivity index (χ2n) is 8.91. The van der Waals surface area contributed by atoms with Gasteiger partial charge >= 0.3 is 0 Å². The van der Waals surface area contributed by atoms with Crippen LogP contribution in [0.1, 0.15) is 30.0 Å². The molecule has 0 aliphatic heterocycles. The lowest BCUT2D eigenvalue weighted by Crippen LogP contribution is -2.51. The quantitative estimate of drug-likeness (QED) is 0.352. The number of nitrogens with zero attached hydrogens (tertiary/aromatic N) is 2. The van der Waals surface area contributed by atoms with Crippen LogP contribution in [0.25, 0.3) is 0 Å². The van der Waals surface area contributed by atoms with E-state index in [4.69, 9.17) is 23.2 Å². The van der Waals surface area contributed by atoms with Crippen molar-refractivity contribution >= 4 is 50.7 Å². The monoisotopic (exact) mass is 575 g/mol. The van der Waals surface area contributed by atoms with E-state index in [1.807, 2.05) is 13.0 Å². The van der Waals surface area contributed by atoms with Crippen LogP contribution in [-0.2, 0) is 26.2 Å². The Morgan fingerprint density at radius 1 is 0.974 bits per heavy atom. The van der Waals surface area contributed by atoms with E-state index >= 15 is 0 Å². The molecule has 0 radical (unpaired) electrons. The number of nitrogens with one attached hydrogen (secondary N) is 1.